The van der Waals surface area contributed by atoms with E-state index in [-0.39, 0.29) is 17.7 Å². The molecule has 4 rings (SSSR count). The number of rotatable bonds is 4. The van der Waals surface area contributed by atoms with Crippen LogP contribution in [0.4, 0.5) is 0 Å². The van der Waals surface area contributed by atoms with Crippen LogP contribution in [0.2, 0.25) is 0 Å². The Hall–Kier alpha value is -2.40. The summed E-state index contributed by atoms with van der Waals surface area (Å²) in [6.45, 7) is 0. The van der Waals surface area contributed by atoms with Crippen molar-refractivity contribution in [3.8, 4) is 0 Å². The summed E-state index contributed by atoms with van der Waals surface area (Å²) in [5, 5.41) is 3.05. The standard InChI is InChI=1S/C20H19NO3S/c22-20(21-18-13-17(18)14-6-2-1-3-7-14)16-9-4-8-15(12-16)19-10-5-11-25(19,23)24/h1-4,6-10,12,17-18H,5,11,13H2,(H,21,22)/t17-,18+/m0/s1. The average molecular weight is 353 g/mol. The van der Waals surface area contributed by atoms with Crippen molar-refractivity contribution in [3.63, 3.8) is 0 Å². The highest BCUT2D eigenvalue weighted by atomic mass is 32.2. The molecule has 1 fully saturated rings. The van der Waals surface area contributed by atoms with E-state index in [1.54, 1.807) is 30.3 Å². The van der Waals surface area contributed by atoms with Crippen LogP contribution in [0, 0.1) is 0 Å². The van der Waals surface area contributed by atoms with Crippen LogP contribution < -0.4 is 5.32 Å². The molecule has 1 N–H and O–H groups in total. The first-order valence-electron chi connectivity index (χ1n) is 8.44. The van der Waals surface area contributed by atoms with Gasteiger partial charge in [-0.1, -0.05) is 48.5 Å². The van der Waals surface area contributed by atoms with Gasteiger partial charge in [-0.3, -0.25) is 4.79 Å². The van der Waals surface area contributed by atoms with E-state index in [0.29, 0.717) is 28.4 Å². The van der Waals surface area contributed by atoms with Crippen molar-refractivity contribution in [1.29, 1.82) is 0 Å². The number of nitrogens with one attached hydrogen (secondary N) is 1. The molecule has 1 saturated carbocycles. The third-order valence-corrected chi connectivity index (χ3v) is 6.64. The summed E-state index contributed by atoms with van der Waals surface area (Å²) in [5.41, 5.74) is 2.34. The summed E-state index contributed by atoms with van der Waals surface area (Å²) in [4.78, 5) is 12.9. The Bertz CT molecular complexity index is 948. The van der Waals surface area contributed by atoms with Gasteiger partial charge in [0.25, 0.3) is 5.91 Å². The molecule has 2 atom stereocenters. The number of amides is 1. The highest BCUT2D eigenvalue weighted by Gasteiger charge is 2.39. The van der Waals surface area contributed by atoms with E-state index >= 15 is 0 Å². The fourth-order valence-electron chi connectivity index (χ4n) is 3.37. The summed E-state index contributed by atoms with van der Waals surface area (Å²) < 4.78 is 24.1. The number of carbonyl (C=O) groups excluding carboxylic acids is 1. The average Bonchev–Trinajstić information content (AvgIpc) is 3.29. The summed E-state index contributed by atoms with van der Waals surface area (Å²) in [6, 6.07) is 17.2. The Balaban J connectivity index is 1.48. The Labute approximate surface area is 147 Å². The number of benzene rings is 2. The van der Waals surface area contributed by atoms with Gasteiger partial charge in [0.15, 0.2) is 9.84 Å². The molecule has 2 aromatic carbocycles. The van der Waals surface area contributed by atoms with Crippen LogP contribution in [0.15, 0.2) is 60.7 Å². The minimum atomic E-state index is -3.21. The monoisotopic (exact) mass is 353 g/mol. The molecule has 0 radical (unpaired) electrons. The van der Waals surface area contributed by atoms with E-state index in [0.717, 1.165) is 6.42 Å². The molecule has 128 valence electrons. The molecule has 1 aliphatic carbocycles. The first-order chi connectivity index (χ1) is 12.0. The third kappa shape index (κ3) is 3.24. The van der Waals surface area contributed by atoms with Gasteiger partial charge < -0.3 is 5.32 Å². The fourth-order valence-corrected chi connectivity index (χ4v) is 4.87. The SMILES string of the molecule is O=C(N[C@@H]1C[C@H]1c1ccccc1)c1cccc(C2=CCCS2(=O)=O)c1. The predicted molar refractivity (Wildman–Crippen MR) is 97.9 cm³/mol. The molecule has 2 aromatic rings. The van der Waals surface area contributed by atoms with Gasteiger partial charge in [-0.15, -0.1) is 0 Å². The fraction of sp³-hybridized carbons (Fsp3) is 0.250. The van der Waals surface area contributed by atoms with Crippen molar-refractivity contribution in [2.45, 2.75) is 24.8 Å². The van der Waals surface area contributed by atoms with Crippen LogP contribution in [0.1, 0.15) is 40.2 Å². The number of sulfone groups is 1. The maximum Gasteiger partial charge on any atom is 0.251 e. The second-order valence-corrected chi connectivity index (χ2v) is 8.67. The first-order valence-corrected chi connectivity index (χ1v) is 10.1. The Kier molecular flexibility index (Phi) is 3.96. The molecule has 1 aliphatic heterocycles. The Morgan fingerprint density at radius 2 is 1.84 bits per heavy atom. The maximum atomic E-state index is 12.5. The van der Waals surface area contributed by atoms with Crippen LogP contribution in [0.5, 0.6) is 0 Å². The van der Waals surface area contributed by atoms with E-state index in [2.05, 4.69) is 17.4 Å². The van der Waals surface area contributed by atoms with Gasteiger partial charge in [0.05, 0.1) is 10.7 Å². The van der Waals surface area contributed by atoms with Crippen molar-refractivity contribution in [3.05, 3.63) is 77.4 Å². The molecule has 5 heteroatoms. The van der Waals surface area contributed by atoms with E-state index in [1.165, 1.54) is 5.56 Å². The molecule has 1 heterocycles. The minimum Gasteiger partial charge on any atom is -0.349 e. The summed E-state index contributed by atoms with van der Waals surface area (Å²) in [7, 11) is -3.21. The van der Waals surface area contributed by atoms with Crippen molar-refractivity contribution in [1.82, 2.24) is 5.32 Å². The van der Waals surface area contributed by atoms with Gasteiger partial charge in [-0.25, -0.2) is 8.42 Å². The maximum absolute atomic E-state index is 12.5. The van der Waals surface area contributed by atoms with Crippen molar-refractivity contribution in [2.75, 3.05) is 5.75 Å². The molecular weight excluding hydrogens is 334 g/mol. The molecule has 0 spiro atoms. The lowest BCUT2D eigenvalue weighted by molar-refractivity contribution is 0.0950. The Morgan fingerprint density at radius 1 is 1.04 bits per heavy atom. The van der Waals surface area contributed by atoms with Crippen molar-refractivity contribution < 1.29 is 13.2 Å². The predicted octanol–water partition coefficient (Wildman–Crippen LogP) is 3.13. The molecule has 2 aliphatic rings. The van der Waals surface area contributed by atoms with Gasteiger partial charge in [-0.05, 0) is 36.1 Å². The van der Waals surface area contributed by atoms with Crippen LogP contribution in [-0.4, -0.2) is 26.1 Å². The molecule has 0 bridgehead atoms. The summed E-state index contributed by atoms with van der Waals surface area (Å²) in [5.74, 6) is 0.368. The van der Waals surface area contributed by atoms with Gasteiger partial charge in [0, 0.05) is 17.5 Å². The van der Waals surface area contributed by atoms with Crippen molar-refractivity contribution >= 4 is 20.6 Å². The molecule has 1 amide bonds. The molecular formula is C20H19NO3S. The number of hydrogen-bond donors (Lipinski definition) is 1. The second kappa shape index (κ2) is 6.15. The van der Waals surface area contributed by atoms with Gasteiger partial charge >= 0.3 is 0 Å². The third-order valence-electron chi connectivity index (χ3n) is 4.80. The van der Waals surface area contributed by atoms with E-state index in [4.69, 9.17) is 0 Å². The summed E-state index contributed by atoms with van der Waals surface area (Å²) in [6.07, 6.45) is 3.21. The zero-order valence-electron chi connectivity index (χ0n) is 13.7. The first kappa shape index (κ1) is 16.1. The summed E-state index contributed by atoms with van der Waals surface area (Å²) >= 11 is 0. The molecule has 4 nitrogen and oxygen atoms in total. The molecule has 0 aromatic heterocycles. The number of allylic oxidation sites excluding steroid dienone is 1. The van der Waals surface area contributed by atoms with Gasteiger partial charge in [0.2, 0.25) is 0 Å². The number of hydrogen-bond acceptors (Lipinski definition) is 3. The largest absolute Gasteiger partial charge is 0.349 e. The van der Waals surface area contributed by atoms with Crippen LogP contribution in [0.3, 0.4) is 0 Å². The van der Waals surface area contributed by atoms with Gasteiger partial charge in [0.1, 0.15) is 0 Å². The second-order valence-electron chi connectivity index (χ2n) is 6.59. The highest BCUT2D eigenvalue weighted by Crippen LogP contribution is 2.40. The van der Waals surface area contributed by atoms with Crippen molar-refractivity contribution in [2.24, 2.45) is 0 Å². The van der Waals surface area contributed by atoms with Crippen LogP contribution >= 0.6 is 0 Å². The zero-order chi connectivity index (χ0) is 17.4. The zero-order valence-corrected chi connectivity index (χ0v) is 14.5. The normalized spacial score (nSPS) is 23.8. The lowest BCUT2D eigenvalue weighted by Crippen LogP contribution is -2.26. The lowest BCUT2D eigenvalue weighted by atomic mass is 10.1. The lowest BCUT2D eigenvalue weighted by Gasteiger charge is -2.08. The van der Waals surface area contributed by atoms with E-state index < -0.39 is 9.84 Å². The molecule has 0 unspecified atom stereocenters. The number of carbonyl (C=O) groups is 1. The van der Waals surface area contributed by atoms with Gasteiger partial charge in [-0.2, -0.15) is 0 Å². The minimum absolute atomic E-state index is 0.146. The Morgan fingerprint density at radius 3 is 2.56 bits per heavy atom. The quantitative estimate of drug-likeness (QED) is 0.918. The van der Waals surface area contributed by atoms with E-state index in [1.807, 2.05) is 18.2 Å². The van der Waals surface area contributed by atoms with Crippen LogP contribution in [-0.2, 0) is 9.84 Å². The highest BCUT2D eigenvalue weighted by molar-refractivity contribution is 8.00. The van der Waals surface area contributed by atoms with E-state index in [9.17, 15) is 13.2 Å². The van der Waals surface area contributed by atoms with Crippen LogP contribution in [0.25, 0.3) is 4.91 Å². The molecule has 25 heavy (non-hydrogen) atoms. The smallest absolute Gasteiger partial charge is 0.251 e. The molecule has 0 saturated heterocycles. The topological polar surface area (TPSA) is 63.2 Å².